The van der Waals surface area contributed by atoms with Gasteiger partial charge in [0.2, 0.25) is 0 Å². The third-order valence-electron chi connectivity index (χ3n) is 13.5. The van der Waals surface area contributed by atoms with Crippen molar-refractivity contribution in [2.45, 2.75) is 303 Å². The van der Waals surface area contributed by atoms with E-state index in [-0.39, 0.29) is 37.5 Å². The number of rotatable bonds is 57. The van der Waals surface area contributed by atoms with Crippen LogP contribution in [0.25, 0.3) is 0 Å². The monoisotopic (exact) mass is 1050 g/mol. The van der Waals surface area contributed by atoms with Crippen LogP contribution in [0.3, 0.4) is 0 Å². The Morgan fingerprint density at radius 2 is 0.513 bits per heavy atom. The van der Waals surface area contributed by atoms with Crippen LogP contribution >= 0.6 is 0 Å². The molecule has 0 bridgehead atoms. The van der Waals surface area contributed by atoms with Crippen molar-refractivity contribution >= 4 is 17.9 Å². The Labute approximate surface area is 470 Å². The first-order valence-corrected chi connectivity index (χ1v) is 31.9. The number of unbranched alkanes of at least 4 members (excludes halogenated alkanes) is 28. The molecule has 434 valence electrons. The Kier molecular flexibility index (Phi) is 60.3. The molecule has 0 aliphatic carbocycles. The maximum atomic E-state index is 12.9. The summed E-state index contributed by atoms with van der Waals surface area (Å²) in [6.45, 7) is 6.39. The standard InChI is InChI=1S/C70H118O6/c1-4-7-10-13-16-19-22-25-28-31-33-34-35-37-39-42-45-48-51-54-57-60-63-69(72)75-66-67(65-74-68(71)62-59-56-53-50-47-44-41-38-30-27-24-21-18-15-12-9-6-3)76-70(73)64-61-58-55-52-49-46-43-40-36-32-29-26-23-20-17-14-11-8-5-2/h8-9,11-12,17-18,20-21,26-27,29-30,36,40-41,44,46,49,67H,4-7,10,13-16,19,22-25,28,31-35,37-39,42-43,45,47-48,50-66H2,1-3H3/b11-8-,12-9-,20-17-,21-18-,29-26-,30-27-,40-36-,44-41-,49-46-. The maximum absolute atomic E-state index is 12.9. The summed E-state index contributed by atoms with van der Waals surface area (Å²) in [5.74, 6) is -0.947. The first-order valence-electron chi connectivity index (χ1n) is 31.9. The van der Waals surface area contributed by atoms with Crippen LogP contribution in [-0.2, 0) is 28.6 Å². The molecule has 1 unspecified atom stereocenters. The molecule has 1 atom stereocenters. The second-order valence-corrected chi connectivity index (χ2v) is 20.9. The highest BCUT2D eigenvalue weighted by molar-refractivity contribution is 5.71. The zero-order chi connectivity index (χ0) is 55.0. The zero-order valence-electron chi connectivity index (χ0n) is 49.7. The highest BCUT2D eigenvalue weighted by Gasteiger charge is 2.19. The molecule has 0 aromatic heterocycles. The van der Waals surface area contributed by atoms with Crippen LogP contribution in [-0.4, -0.2) is 37.2 Å². The molecule has 0 aliphatic heterocycles. The Morgan fingerprint density at radius 3 is 0.816 bits per heavy atom. The molecule has 0 heterocycles. The fourth-order valence-corrected chi connectivity index (χ4v) is 8.81. The van der Waals surface area contributed by atoms with Gasteiger partial charge < -0.3 is 14.2 Å². The van der Waals surface area contributed by atoms with Gasteiger partial charge in [-0.2, -0.15) is 0 Å². The SMILES string of the molecule is CC/C=C\C/C=C\C/C=C\C/C=C\C/C=C\CCCCCC(=O)OC(COC(=O)CCCCCC/C=C\C/C=C\C/C=C\C/C=C\CC)COC(=O)CCCCCCCCCCCCCCCCCCCCCCCC. The van der Waals surface area contributed by atoms with Crippen molar-refractivity contribution in [3.8, 4) is 0 Å². The van der Waals surface area contributed by atoms with E-state index in [1.807, 2.05) is 0 Å². The van der Waals surface area contributed by atoms with E-state index in [0.29, 0.717) is 12.8 Å². The average Bonchev–Trinajstić information content (AvgIpc) is 3.42. The fraction of sp³-hybridized carbons (Fsp3) is 0.700. The van der Waals surface area contributed by atoms with Gasteiger partial charge in [-0.15, -0.1) is 0 Å². The van der Waals surface area contributed by atoms with E-state index in [4.69, 9.17) is 14.2 Å². The third-order valence-corrected chi connectivity index (χ3v) is 13.5. The van der Waals surface area contributed by atoms with E-state index in [9.17, 15) is 14.4 Å². The van der Waals surface area contributed by atoms with Crippen LogP contribution in [0.2, 0.25) is 0 Å². The molecule has 0 fully saturated rings. The molecule has 76 heavy (non-hydrogen) atoms. The van der Waals surface area contributed by atoms with Gasteiger partial charge in [-0.1, -0.05) is 284 Å². The van der Waals surface area contributed by atoms with Crippen LogP contribution in [0, 0.1) is 0 Å². The minimum atomic E-state index is -0.808. The van der Waals surface area contributed by atoms with Crippen LogP contribution < -0.4 is 0 Å². The van der Waals surface area contributed by atoms with E-state index in [2.05, 4.69) is 130 Å². The number of carbonyl (C=O) groups excluding carboxylic acids is 3. The van der Waals surface area contributed by atoms with Gasteiger partial charge in [0.05, 0.1) is 0 Å². The number of ether oxygens (including phenoxy) is 3. The van der Waals surface area contributed by atoms with Crippen LogP contribution in [0.4, 0.5) is 0 Å². The molecular formula is C70H118O6. The van der Waals surface area contributed by atoms with E-state index in [1.54, 1.807) is 0 Å². The van der Waals surface area contributed by atoms with Gasteiger partial charge in [0, 0.05) is 19.3 Å². The quantitative estimate of drug-likeness (QED) is 0.0261. The molecule has 0 spiro atoms. The number of allylic oxidation sites excluding steroid dienone is 18. The van der Waals surface area contributed by atoms with Gasteiger partial charge in [0.25, 0.3) is 0 Å². The lowest BCUT2D eigenvalue weighted by atomic mass is 10.0. The summed E-state index contributed by atoms with van der Waals surface area (Å²) in [5.41, 5.74) is 0. The number of carbonyl (C=O) groups is 3. The van der Waals surface area contributed by atoms with E-state index >= 15 is 0 Å². The van der Waals surface area contributed by atoms with Crippen molar-refractivity contribution < 1.29 is 28.6 Å². The Morgan fingerprint density at radius 1 is 0.276 bits per heavy atom. The van der Waals surface area contributed by atoms with E-state index < -0.39 is 6.10 Å². The molecule has 6 heteroatoms. The minimum absolute atomic E-state index is 0.0987. The Balaban J connectivity index is 4.44. The number of hydrogen-bond donors (Lipinski definition) is 0. The molecule has 6 nitrogen and oxygen atoms in total. The van der Waals surface area contributed by atoms with E-state index in [1.165, 1.54) is 122 Å². The Hall–Kier alpha value is -3.93. The molecule has 0 N–H and O–H groups in total. The maximum Gasteiger partial charge on any atom is 0.306 e. The zero-order valence-corrected chi connectivity index (χ0v) is 49.7. The summed E-state index contributed by atoms with van der Waals surface area (Å²) < 4.78 is 16.9. The number of esters is 3. The Bertz CT molecular complexity index is 1540. The summed E-state index contributed by atoms with van der Waals surface area (Å²) >= 11 is 0. The molecule has 0 amide bonds. The summed E-state index contributed by atoms with van der Waals surface area (Å²) in [4.78, 5) is 38.3. The van der Waals surface area contributed by atoms with Gasteiger partial charge in [-0.05, 0) is 103 Å². The highest BCUT2D eigenvalue weighted by Crippen LogP contribution is 2.17. The summed E-state index contributed by atoms with van der Waals surface area (Å²) in [5, 5.41) is 0. The highest BCUT2D eigenvalue weighted by atomic mass is 16.6. The molecule has 0 aromatic rings. The van der Waals surface area contributed by atoms with Crippen molar-refractivity contribution in [1.29, 1.82) is 0 Å². The molecule has 0 rings (SSSR count). The topological polar surface area (TPSA) is 78.9 Å². The van der Waals surface area contributed by atoms with E-state index in [0.717, 1.165) is 135 Å². The van der Waals surface area contributed by atoms with Gasteiger partial charge in [0.15, 0.2) is 6.10 Å². The average molecular weight is 1060 g/mol. The minimum Gasteiger partial charge on any atom is -0.462 e. The predicted molar refractivity (Wildman–Crippen MR) is 330 cm³/mol. The van der Waals surface area contributed by atoms with Crippen LogP contribution in [0.5, 0.6) is 0 Å². The lowest BCUT2D eigenvalue weighted by molar-refractivity contribution is -0.167. The molecule has 0 aliphatic rings. The first kappa shape index (κ1) is 72.1. The lowest BCUT2D eigenvalue weighted by Gasteiger charge is -2.18. The van der Waals surface area contributed by atoms with Crippen molar-refractivity contribution in [1.82, 2.24) is 0 Å². The summed E-state index contributed by atoms with van der Waals surface area (Å²) in [6.07, 6.45) is 86.7. The number of hydrogen-bond acceptors (Lipinski definition) is 6. The molecule has 0 saturated heterocycles. The predicted octanol–water partition coefficient (Wildman–Crippen LogP) is 21.8. The summed E-state index contributed by atoms with van der Waals surface area (Å²) in [6, 6.07) is 0. The van der Waals surface area contributed by atoms with Crippen molar-refractivity contribution in [2.24, 2.45) is 0 Å². The molecule has 0 radical (unpaired) electrons. The van der Waals surface area contributed by atoms with Crippen molar-refractivity contribution in [3.05, 3.63) is 109 Å². The first-order chi connectivity index (χ1) is 37.5. The molecule has 0 aromatic carbocycles. The van der Waals surface area contributed by atoms with Gasteiger partial charge in [-0.3, -0.25) is 14.4 Å². The second kappa shape index (κ2) is 63.6. The normalized spacial score (nSPS) is 12.8. The third kappa shape index (κ3) is 60.9. The van der Waals surface area contributed by atoms with Crippen molar-refractivity contribution in [2.75, 3.05) is 13.2 Å². The fourth-order valence-electron chi connectivity index (χ4n) is 8.81. The molecule has 0 saturated carbocycles. The largest absolute Gasteiger partial charge is 0.462 e. The van der Waals surface area contributed by atoms with Crippen molar-refractivity contribution in [3.63, 3.8) is 0 Å². The van der Waals surface area contributed by atoms with Crippen LogP contribution in [0.15, 0.2) is 109 Å². The van der Waals surface area contributed by atoms with Gasteiger partial charge in [-0.25, -0.2) is 0 Å². The lowest BCUT2D eigenvalue weighted by Crippen LogP contribution is -2.30. The summed E-state index contributed by atoms with van der Waals surface area (Å²) in [7, 11) is 0. The molecular weight excluding hydrogens is 937 g/mol. The smallest absolute Gasteiger partial charge is 0.306 e. The van der Waals surface area contributed by atoms with Gasteiger partial charge >= 0.3 is 17.9 Å². The second-order valence-electron chi connectivity index (χ2n) is 20.9. The van der Waals surface area contributed by atoms with Crippen LogP contribution in [0.1, 0.15) is 297 Å². The van der Waals surface area contributed by atoms with Gasteiger partial charge in [0.1, 0.15) is 13.2 Å².